The monoisotopic (exact) mass is 358 g/mol. The van der Waals surface area contributed by atoms with E-state index in [-0.39, 0.29) is 11.4 Å². The molecule has 0 unspecified atom stereocenters. The van der Waals surface area contributed by atoms with Gasteiger partial charge in [0.05, 0.1) is 17.8 Å². The van der Waals surface area contributed by atoms with Crippen LogP contribution < -0.4 is 15.4 Å². The molecule has 25 heavy (non-hydrogen) atoms. The van der Waals surface area contributed by atoms with E-state index in [0.717, 1.165) is 18.6 Å². The van der Waals surface area contributed by atoms with Crippen molar-refractivity contribution in [3.63, 3.8) is 0 Å². The standard InChI is InChI=1S/C20H23ClN2O2/c1-25-16-10-8-15(9-11-16)20(12-4-5-13-20)14-22-19(24)23-18-7-3-2-6-17(18)21/h2-3,6-11H,4-5,12-14H2,1H3,(H2,22,23,24). The molecule has 132 valence electrons. The molecule has 4 nitrogen and oxygen atoms in total. The molecule has 0 spiro atoms. The van der Waals surface area contributed by atoms with Crippen molar-refractivity contribution in [3.05, 3.63) is 59.1 Å². The second-order valence-corrected chi connectivity index (χ2v) is 6.91. The first-order chi connectivity index (χ1) is 12.1. The smallest absolute Gasteiger partial charge is 0.319 e. The summed E-state index contributed by atoms with van der Waals surface area (Å²) in [5.74, 6) is 0.848. The summed E-state index contributed by atoms with van der Waals surface area (Å²) in [4.78, 5) is 12.3. The predicted octanol–water partition coefficient (Wildman–Crippen LogP) is 4.98. The number of carbonyl (C=O) groups excluding carboxylic acids is 1. The normalized spacial score (nSPS) is 15.6. The summed E-state index contributed by atoms with van der Waals surface area (Å²) in [6, 6.07) is 15.2. The maximum atomic E-state index is 12.3. The number of methoxy groups -OCH3 is 1. The van der Waals surface area contributed by atoms with E-state index in [1.165, 1.54) is 18.4 Å². The van der Waals surface area contributed by atoms with Crippen LogP contribution in [0.3, 0.4) is 0 Å². The predicted molar refractivity (Wildman–Crippen MR) is 102 cm³/mol. The second kappa shape index (κ2) is 7.79. The Morgan fingerprint density at radius 1 is 1.12 bits per heavy atom. The topological polar surface area (TPSA) is 50.4 Å². The van der Waals surface area contributed by atoms with Crippen LogP contribution in [-0.4, -0.2) is 19.7 Å². The van der Waals surface area contributed by atoms with E-state index in [1.54, 1.807) is 19.2 Å². The minimum Gasteiger partial charge on any atom is -0.497 e. The zero-order valence-corrected chi connectivity index (χ0v) is 15.1. The summed E-state index contributed by atoms with van der Waals surface area (Å²) in [6.45, 7) is 0.607. The summed E-state index contributed by atoms with van der Waals surface area (Å²) < 4.78 is 5.25. The van der Waals surface area contributed by atoms with Crippen molar-refractivity contribution in [2.24, 2.45) is 0 Å². The molecule has 0 atom stereocenters. The van der Waals surface area contributed by atoms with Crippen molar-refractivity contribution in [3.8, 4) is 5.75 Å². The van der Waals surface area contributed by atoms with Gasteiger partial charge in [-0.2, -0.15) is 0 Å². The lowest BCUT2D eigenvalue weighted by molar-refractivity contribution is 0.248. The van der Waals surface area contributed by atoms with Gasteiger partial charge in [0.15, 0.2) is 0 Å². The maximum Gasteiger partial charge on any atom is 0.319 e. The third-order valence-electron chi connectivity index (χ3n) is 4.97. The van der Waals surface area contributed by atoms with Crippen LogP contribution in [0.15, 0.2) is 48.5 Å². The zero-order valence-electron chi connectivity index (χ0n) is 14.3. The minimum absolute atomic E-state index is 0.00983. The number of rotatable bonds is 5. The summed E-state index contributed by atoms with van der Waals surface area (Å²) in [5.41, 5.74) is 1.86. The summed E-state index contributed by atoms with van der Waals surface area (Å²) in [5, 5.41) is 6.38. The van der Waals surface area contributed by atoms with Crippen molar-refractivity contribution in [1.82, 2.24) is 5.32 Å². The Morgan fingerprint density at radius 3 is 2.44 bits per heavy atom. The Balaban J connectivity index is 1.67. The van der Waals surface area contributed by atoms with Gasteiger partial charge in [0.1, 0.15) is 5.75 Å². The van der Waals surface area contributed by atoms with Crippen LogP contribution in [0, 0.1) is 0 Å². The Labute approximate surface area is 153 Å². The number of halogens is 1. The van der Waals surface area contributed by atoms with Crippen molar-refractivity contribution < 1.29 is 9.53 Å². The molecule has 0 heterocycles. The summed E-state index contributed by atoms with van der Waals surface area (Å²) in [7, 11) is 1.67. The fraction of sp³-hybridized carbons (Fsp3) is 0.350. The van der Waals surface area contributed by atoms with E-state index >= 15 is 0 Å². The third kappa shape index (κ3) is 4.07. The van der Waals surface area contributed by atoms with Gasteiger partial charge in [-0.15, -0.1) is 0 Å². The molecule has 1 aliphatic carbocycles. The average Bonchev–Trinajstić information content (AvgIpc) is 3.12. The van der Waals surface area contributed by atoms with Crippen LogP contribution in [-0.2, 0) is 5.41 Å². The van der Waals surface area contributed by atoms with Crippen molar-refractivity contribution >= 4 is 23.3 Å². The van der Waals surface area contributed by atoms with Crippen LogP contribution in [0.1, 0.15) is 31.2 Å². The molecule has 0 bridgehead atoms. The maximum absolute atomic E-state index is 12.3. The Hall–Kier alpha value is -2.20. The van der Waals surface area contributed by atoms with E-state index < -0.39 is 0 Å². The first kappa shape index (κ1) is 17.6. The number of para-hydroxylation sites is 1. The van der Waals surface area contributed by atoms with Gasteiger partial charge in [-0.3, -0.25) is 0 Å². The van der Waals surface area contributed by atoms with Gasteiger partial charge in [0.2, 0.25) is 0 Å². The highest BCUT2D eigenvalue weighted by Gasteiger charge is 2.35. The van der Waals surface area contributed by atoms with Gasteiger partial charge in [0.25, 0.3) is 0 Å². The minimum atomic E-state index is -0.229. The molecule has 1 fully saturated rings. The Bertz CT molecular complexity index is 725. The molecular formula is C20H23ClN2O2. The van der Waals surface area contributed by atoms with Gasteiger partial charge in [-0.1, -0.05) is 48.7 Å². The quantitative estimate of drug-likeness (QED) is 0.791. The second-order valence-electron chi connectivity index (χ2n) is 6.50. The molecule has 0 radical (unpaired) electrons. The number of hydrogen-bond acceptors (Lipinski definition) is 2. The number of benzene rings is 2. The Morgan fingerprint density at radius 2 is 1.80 bits per heavy atom. The molecule has 2 aromatic rings. The molecule has 2 aromatic carbocycles. The van der Waals surface area contributed by atoms with Crippen molar-refractivity contribution in [2.45, 2.75) is 31.1 Å². The van der Waals surface area contributed by atoms with E-state index in [1.807, 2.05) is 24.3 Å². The third-order valence-corrected chi connectivity index (χ3v) is 5.30. The van der Waals surface area contributed by atoms with Gasteiger partial charge < -0.3 is 15.4 Å². The first-order valence-corrected chi connectivity index (χ1v) is 8.95. The van der Waals surface area contributed by atoms with Crippen LogP contribution in [0.4, 0.5) is 10.5 Å². The highest BCUT2D eigenvalue weighted by atomic mass is 35.5. The molecule has 0 aromatic heterocycles. The largest absolute Gasteiger partial charge is 0.497 e. The molecule has 1 saturated carbocycles. The first-order valence-electron chi connectivity index (χ1n) is 8.57. The number of amides is 2. The van der Waals surface area contributed by atoms with Gasteiger partial charge in [-0.05, 0) is 42.7 Å². The van der Waals surface area contributed by atoms with Crippen LogP contribution in [0.5, 0.6) is 5.75 Å². The molecule has 2 N–H and O–H groups in total. The molecule has 3 rings (SSSR count). The van der Waals surface area contributed by atoms with E-state index in [2.05, 4.69) is 22.8 Å². The fourth-order valence-corrected chi connectivity index (χ4v) is 3.73. The SMILES string of the molecule is COc1ccc(C2(CNC(=O)Nc3ccccc3Cl)CCCC2)cc1. The van der Waals surface area contributed by atoms with Crippen LogP contribution in [0.2, 0.25) is 5.02 Å². The summed E-state index contributed by atoms with van der Waals surface area (Å²) >= 11 is 6.09. The van der Waals surface area contributed by atoms with E-state index in [4.69, 9.17) is 16.3 Å². The van der Waals surface area contributed by atoms with Crippen LogP contribution in [0.25, 0.3) is 0 Å². The Kier molecular flexibility index (Phi) is 5.49. The molecular weight excluding hydrogens is 336 g/mol. The highest BCUT2D eigenvalue weighted by molar-refractivity contribution is 6.33. The summed E-state index contributed by atoms with van der Waals surface area (Å²) in [6.07, 6.45) is 4.51. The number of anilines is 1. The molecule has 2 amide bonds. The zero-order chi connectivity index (χ0) is 17.7. The average molecular weight is 359 g/mol. The number of ether oxygens (including phenoxy) is 1. The molecule has 5 heteroatoms. The number of urea groups is 1. The number of hydrogen-bond donors (Lipinski definition) is 2. The van der Waals surface area contributed by atoms with Gasteiger partial charge in [0, 0.05) is 12.0 Å². The van der Waals surface area contributed by atoms with Gasteiger partial charge in [-0.25, -0.2) is 4.79 Å². The van der Waals surface area contributed by atoms with Gasteiger partial charge >= 0.3 is 6.03 Å². The molecule has 0 saturated heterocycles. The molecule has 0 aliphatic heterocycles. The lowest BCUT2D eigenvalue weighted by Crippen LogP contribution is -2.40. The van der Waals surface area contributed by atoms with Crippen molar-refractivity contribution in [1.29, 1.82) is 0 Å². The molecule has 1 aliphatic rings. The van der Waals surface area contributed by atoms with Crippen LogP contribution >= 0.6 is 11.6 Å². The highest BCUT2D eigenvalue weighted by Crippen LogP contribution is 2.41. The van der Waals surface area contributed by atoms with Crippen molar-refractivity contribution in [2.75, 3.05) is 19.0 Å². The van der Waals surface area contributed by atoms with E-state index in [0.29, 0.717) is 17.3 Å². The fourth-order valence-electron chi connectivity index (χ4n) is 3.54. The van der Waals surface area contributed by atoms with E-state index in [9.17, 15) is 4.79 Å². The lowest BCUT2D eigenvalue weighted by Gasteiger charge is -2.30. The lowest BCUT2D eigenvalue weighted by atomic mass is 9.79. The number of nitrogens with one attached hydrogen (secondary N) is 2. The number of carbonyl (C=O) groups is 1.